The summed E-state index contributed by atoms with van der Waals surface area (Å²) in [7, 11) is 0. The zero-order valence-corrected chi connectivity index (χ0v) is 22.2. The van der Waals surface area contributed by atoms with Gasteiger partial charge in [-0.15, -0.1) is 35.7 Å². The fraction of sp³-hybridized carbons (Fsp3) is 0.0938. The van der Waals surface area contributed by atoms with Gasteiger partial charge in [0.25, 0.3) is 0 Å². The smallest absolute Gasteiger partial charge is 0.509 e. The van der Waals surface area contributed by atoms with Crippen LogP contribution in [0.25, 0.3) is 27.6 Å². The van der Waals surface area contributed by atoms with Gasteiger partial charge >= 0.3 is 21.1 Å². The molecular formula is C32H24N4OPt. The number of aryl methyl sites for hydroxylation is 1. The third-order valence-corrected chi connectivity index (χ3v) is 6.54. The van der Waals surface area contributed by atoms with Crippen molar-refractivity contribution in [1.29, 1.82) is 0 Å². The van der Waals surface area contributed by atoms with E-state index in [1.165, 1.54) is 17.2 Å². The molecule has 0 radical (unpaired) electrons. The van der Waals surface area contributed by atoms with Gasteiger partial charge in [-0.1, -0.05) is 41.5 Å². The number of para-hydroxylation sites is 3. The van der Waals surface area contributed by atoms with E-state index in [0.29, 0.717) is 34.2 Å². The molecule has 1 aliphatic heterocycles. The molecule has 0 fully saturated rings. The minimum Gasteiger partial charge on any atom is -0.509 e. The molecule has 3 heterocycles. The Morgan fingerprint density at radius 1 is 0.842 bits per heavy atom. The van der Waals surface area contributed by atoms with Gasteiger partial charge in [-0.25, -0.2) is 4.98 Å². The zero-order valence-electron chi connectivity index (χ0n) is 26.0. The molecule has 0 unspecified atom stereocenters. The molecule has 0 spiro atoms. The van der Waals surface area contributed by atoms with Crippen molar-refractivity contribution in [2.45, 2.75) is 6.85 Å². The Labute approximate surface area is 244 Å². The van der Waals surface area contributed by atoms with Crippen LogP contribution in [-0.4, -0.2) is 23.2 Å². The molecule has 0 saturated carbocycles. The van der Waals surface area contributed by atoms with Gasteiger partial charge in [0.1, 0.15) is 5.82 Å². The van der Waals surface area contributed by atoms with Crippen LogP contribution in [0.15, 0.2) is 97.2 Å². The third kappa shape index (κ3) is 4.04. The molecule has 2 aromatic heterocycles. The van der Waals surface area contributed by atoms with Crippen LogP contribution in [0.4, 0.5) is 17.1 Å². The number of fused-ring (bicyclic) bond motifs is 4. The summed E-state index contributed by atoms with van der Waals surface area (Å²) in [5.41, 5.74) is 3.81. The molecule has 38 heavy (non-hydrogen) atoms. The first-order valence-corrected chi connectivity index (χ1v) is 11.8. The van der Waals surface area contributed by atoms with Gasteiger partial charge in [0.05, 0.1) is 18.0 Å². The second-order valence-corrected chi connectivity index (χ2v) is 8.83. The first-order valence-electron chi connectivity index (χ1n) is 14.8. The first kappa shape index (κ1) is 18.2. The van der Waals surface area contributed by atoms with Crippen LogP contribution < -0.4 is 14.5 Å². The molecule has 0 aliphatic carbocycles. The summed E-state index contributed by atoms with van der Waals surface area (Å²) < 4.78 is 55.7. The minimum absolute atomic E-state index is 0. The van der Waals surface area contributed by atoms with Crippen LogP contribution in [-0.2, 0) is 21.1 Å². The molecule has 5 nitrogen and oxygen atoms in total. The van der Waals surface area contributed by atoms with Crippen molar-refractivity contribution in [3.05, 3.63) is 115 Å². The summed E-state index contributed by atoms with van der Waals surface area (Å²) in [6.45, 7) is -4.42. The molecule has 4 aromatic carbocycles. The van der Waals surface area contributed by atoms with Crippen LogP contribution in [0.2, 0.25) is 0 Å². The molecule has 0 bridgehead atoms. The van der Waals surface area contributed by atoms with Gasteiger partial charge in [-0.3, -0.25) is 0 Å². The Morgan fingerprint density at radius 3 is 2.58 bits per heavy atom. The van der Waals surface area contributed by atoms with Crippen molar-refractivity contribution in [2.75, 3.05) is 23.4 Å². The number of benzene rings is 4. The topological polar surface area (TPSA) is 33.5 Å². The van der Waals surface area contributed by atoms with Gasteiger partial charge in [-0.05, 0) is 48.1 Å². The van der Waals surface area contributed by atoms with Gasteiger partial charge in [0.15, 0.2) is 0 Å². The maximum absolute atomic E-state index is 7.99. The zero-order chi connectivity index (χ0) is 29.9. The average molecular weight is 682 g/mol. The molecule has 188 valence electrons. The second-order valence-electron chi connectivity index (χ2n) is 8.83. The van der Waals surface area contributed by atoms with E-state index < -0.39 is 13.8 Å². The Hall–Kier alpha value is -4.08. The molecule has 1 aliphatic rings. The van der Waals surface area contributed by atoms with Crippen LogP contribution >= 0.6 is 0 Å². The van der Waals surface area contributed by atoms with E-state index in [1.54, 1.807) is 18.2 Å². The van der Waals surface area contributed by atoms with E-state index >= 15 is 0 Å². The largest absolute Gasteiger partial charge is 2.00 e. The van der Waals surface area contributed by atoms with Crippen molar-refractivity contribution < 1.29 is 34.0 Å². The summed E-state index contributed by atoms with van der Waals surface area (Å²) in [6, 6.07) is 34.2. The normalized spacial score (nSPS) is 15.6. The Balaban J connectivity index is 0.00000343. The predicted molar refractivity (Wildman–Crippen MR) is 149 cm³/mol. The van der Waals surface area contributed by atoms with Crippen molar-refractivity contribution in [3.63, 3.8) is 0 Å². The van der Waals surface area contributed by atoms with Gasteiger partial charge in [0.2, 0.25) is 0 Å². The van der Waals surface area contributed by atoms with Crippen molar-refractivity contribution in [3.8, 4) is 17.3 Å². The van der Waals surface area contributed by atoms with E-state index in [4.69, 9.17) is 13.0 Å². The Bertz CT molecular complexity index is 2010. The molecule has 7 rings (SSSR count). The first-order chi connectivity index (χ1) is 20.6. The van der Waals surface area contributed by atoms with Crippen LogP contribution in [0.3, 0.4) is 0 Å². The molecule has 0 N–H and O–H groups in total. The van der Waals surface area contributed by atoms with E-state index in [-0.39, 0.29) is 33.3 Å². The number of rotatable bonds is 4. The van der Waals surface area contributed by atoms with Crippen LogP contribution in [0.5, 0.6) is 11.5 Å². The number of hydrogen-bond donors (Lipinski definition) is 0. The third-order valence-electron chi connectivity index (χ3n) is 6.54. The van der Waals surface area contributed by atoms with Crippen LogP contribution in [0.1, 0.15) is 13.8 Å². The fourth-order valence-electron chi connectivity index (χ4n) is 4.90. The quantitative estimate of drug-likeness (QED) is 0.182. The van der Waals surface area contributed by atoms with Gasteiger partial charge in [0, 0.05) is 38.4 Å². The van der Waals surface area contributed by atoms with Gasteiger partial charge in [-0.2, -0.15) is 12.1 Å². The molecule has 0 atom stereocenters. The summed E-state index contributed by atoms with van der Waals surface area (Å²) in [5, 5.41) is 1.89. The maximum atomic E-state index is 7.99. The predicted octanol–water partition coefficient (Wildman–Crippen LogP) is 7.42. The monoisotopic (exact) mass is 681 g/mol. The Kier molecular flexibility index (Phi) is 4.63. The average Bonchev–Trinajstić information content (AvgIpc) is 3.53. The van der Waals surface area contributed by atoms with Crippen LogP contribution in [0, 0.1) is 19.0 Å². The number of anilines is 3. The molecule has 6 aromatic rings. The van der Waals surface area contributed by atoms with Gasteiger partial charge < -0.3 is 19.1 Å². The molecule has 6 heteroatoms. The Morgan fingerprint density at radius 2 is 1.68 bits per heavy atom. The summed E-state index contributed by atoms with van der Waals surface area (Å²) in [4.78, 5) is 7.78. The summed E-state index contributed by atoms with van der Waals surface area (Å²) in [6.07, 6.45) is 1.50. The summed E-state index contributed by atoms with van der Waals surface area (Å²) in [5.74, 6) is 1.33. The standard InChI is InChI=1S/C32H24N4O.Pt/c1-22-16-17-33-32(18-22)36-28-11-4-3-10-26(28)27-15-14-25(20-31(27)36)37-24-9-7-8-23(19-24)35-21-34(2)29-12-5-6-13-30(29)35;/h3-18H,21H2,1-2H3;/q-2;+2/i1D3,2D3;. The van der Waals surface area contributed by atoms with E-state index in [0.717, 1.165) is 22.0 Å². The van der Waals surface area contributed by atoms with E-state index in [2.05, 4.69) is 17.1 Å². The molecular weight excluding hydrogens is 651 g/mol. The second kappa shape index (κ2) is 9.66. The minimum atomic E-state index is -2.29. The molecule has 0 amide bonds. The number of hydrogen-bond acceptors (Lipinski definition) is 4. The van der Waals surface area contributed by atoms with E-state index in [9.17, 15) is 0 Å². The molecule has 0 saturated heterocycles. The number of pyridine rings is 1. The number of aromatic nitrogens is 2. The number of nitrogens with zero attached hydrogens (tertiary/aromatic N) is 4. The fourth-order valence-corrected chi connectivity index (χ4v) is 4.90. The SMILES string of the molecule is [2H]C([2H])([2H])c1ccnc(-n2c3[c-]c(Oc4[c-]c(N5CN(C([2H])([2H])[2H])c6ccccc65)ccc4)ccc3c3ccccc32)c1.[Pt+2]. The van der Waals surface area contributed by atoms with E-state index in [1.807, 2.05) is 76.2 Å². The summed E-state index contributed by atoms with van der Waals surface area (Å²) >= 11 is 0. The van der Waals surface area contributed by atoms with Crippen molar-refractivity contribution >= 4 is 38.9 Å². The van der Waals surface area contributed by atoms with Crippen molar-refractivity contribution in [1.82, 2.24) is 9.55 Å². The van der Waals surface area contributed by atoms with Crippen molar-refractivity contribution in [2.24, 2.45) is 0 Å². The number of ether oxygens (including phenoxy) is 1. The maximum Gasteiger partial charge on any atom is 2.00 e.